The number of aromatic hydroxyl groups is 1. The second-order valence-electron chi connectivity index (χ2n) is 7.05. The molecule has 0 bridgehead atoms. The molecule has 7 heteroatoms. The Hall–Kier alpha value is -2.41. The lowest BCUT2D eigenvalue weighted by atomic mass is 9.69. The lowest BCUT2D eigenvalue weighted by Gasteiger charge is -2.35. The van der Waals surface area contributed by atoms with Crippen molar-refractivity contribution in [1.29, 1.82) is 0 Å². The summed E-state index contributed by atoms with van der Waals surface area (Å²) in [5.41, 5.74) is 2.39. The van der Waals surface area contributed by atoms with E-state index in [1.165, 1.54) is 6.08 Å². The molecule has 1 aliphatic heterocycles. The Morgan fingerprint density at radius 1 is 1.38 bits per heavy atom. The van der Waals surface area contributed by atoms with Crippen LogP contribution in [0.3, 0.4) is 0 Å². The van der Waals surface area contributed by atoms with Gasteiger partial charge in [-0.2, -0.15) is 0 Å². The zero-order valence-corrected chi connectivity index (χ0v) is 18.1. The molecule has 0 aromatic heterocycles. The first-order chi connectivity index (χ1) is 13.9. The molecule has 0 amide bonds. The molecule has 0 saturated heterocycles. The molecular weight excluding hydrogens is 438 g/mol. The Bertz CT molecular complexity index is 918. The fraction of sp³-hybridized carbons (Fsp3) is 0.409. The molecule has 3 rings (SSSR count). The number of hydrogen-bond acceptors (Lipinski definition) is 6. The van der Waals surface area contributed by atoms with Gasteiger partial charge in [0.1, 0.15) is 12.4 Å². The van der Waals surface area contributed by atoms with E-state index in [0.29, 0.717) is 40.1 Å². The highest BCUT2D eigenvalue weighted by Crippen LogP contribution is 2.46. The van der Waals surface area contributed by atoms with Crippen molar-refractivity contribution in [2.45, 2.75) is 39.0 Å². The summed E-state index contributed by atoms with van der Waals surface area (Å²) in [4.78, 5) is 30.4. The Kier molecular flexibility index (Phi) is 6.57. The predicted molar refractivity (Wildman–Crippen MR) is 113 cm³/mol. The standard InChI is InChI=1S/C22H24BrNO5/c1-4-9-29-22(27)18-12(3)24-15-7-6-8-16(25)20(15)19(18)13-10-14(23)21(26)17(11-13)28-5-2/h4,10-11,19-20,26H,1,5-9H2,2-3H3/t19-,20?/m0/s1. The number of benzene rings is 1. The van der Waals surface area contributed by atoms with E-state index in [-0.39, 0.29) is 18.1 Å². The number of nitrogens with zero attached hydrogens (tertiary/aromatic N) is 1. The topological polar surface area (TPSA) is 85.2 Å². The van der Waals surface area contributed by atoms with Crippen LogP contribution in [0.25, 0.3) is 0 Å². The lowest BCUT2D eigenvalue weighted by molar-refractivity contribution is -0.138. The number of Topliss-reactive ketones (excluding diaryl/α,β-unsaturated/α-hetero) is 1. The highest BCUT2D eigenvalue weighted by atomic mass is 79.9. The highest BCUT2D eigenvalue weighted by molar-refractivity contribution is 9.10. The van der Waals surface area contributed by atoms with Crippen molar-refractivity contribution in [1.82, 2.24) is 0 Å². The Morgan fingerprint density at radius 3 is 2.83 bits per heavy atom. The van der Waals surface area contributed by atoms with Crippen LogP contribution in [0.5, 0.6) is 11.5 Å². The van der Waals surface area contributed by atoms with Gasteiger partial charge in [0.2, 0.25) is 0 Å². The largest absolute Gasteiger partial charge is 0.503 e. The van der Waals surface area contributed by atoms with Crippen molar-refractivity contribution < 1.29 is 24.2 Å². The van der Waals surface area contributed by atoms with Crippen LogP contribution in [-0.2, 0) is 14.3 Å². The van der Waals surface area contributed by atoms with Crippen molar-refractivity contribution in [3.63, 3.8) is 0 Å². The SMILES string of the molecule is C=CCOC(=O)C1=C(C)N=C2CCCC(=O)C2[C@H]1c1cc(Br)c(O)c(OCC)c1. The molecule has 2 atom stereocenters. The molecule has 1 saturated carbocycles. The summed E-state index contributed by atoms with van der Waals surface area (Å²) in [5, 5.41) is 10.3. The fourth-order valence-corrected chi connectivity index (χ4v) is 4.46. The first-order valence-electron chi connectivity index (χ1n) is 9.63. The molecule has 1 unspecified atom stereocenters. The maximum atomic E-state index is 12.9. The number of esters is 1. The average Bonchev–Trinajstić information content (AvgIpc) is 2.68. The zero-order chi connectivity index (χ0) is 21.1. The van der Waals surface area contributed by atoms with Crippen LogP contribution in [0.15, 0.2) is 45.5 Å². The lowest BCUT2D eigenvalue weighted by Crippen LogP contribution is -2.39. The summed E-state index contributed by atoms with van der Waals surface area (Å²) in [6.45, 7) is 7.60. The van der Waals surface area contributed by atoms with Crippen LogP contribution in [0, 0.1) is 5.92 Å². The number of halogens is 1. The van der Waals surface area contributed by atoms with Crippen LogP contribution >= 0.6 is 15.9 Å². The minimum absolute atomic E-state index is 0.0215. The van der Waals surface area contributed by atoms with E-state index in [1.54, 1.807) is 19.1 Å². The number of phenolic OH excluding ortho intramolecular Hbond substituents is 1. The van der Waals surface area contributed by atoms with Crippen molar-refractivity contribution in [2.75, 3.05) is 13.2 Å². The Balaban J connectivity index is 2.18. The van der Waals surface area contributed by atoms with E-state index in [0.717, 1.165) is 18.6 Å². The summed E-state index contributed by atoms with van der Waals surface area (Å²) >= 11 is 3.36. The molecule has 1 aliphatic carbocycles. The Morgan fingerprint density at radius 2 is 2.14 bits per heavy atom. The van der Waals surface area contributed by atoms with E-state index < -0.39 is 17.8 Å². The van der Waals surface area contributed by atoms with E-state index in [1.807, 2.05) is 6.92 Å². The summed E-state index contributed by atoms with van der Waals surface area (Å²) < 4.78 is 11.3. The molecule has 1 N–H and O–H groups in total. The number of allylic oxidation sites excluding steroid dienone is 1. The van der Waals surface area contributed by atoms with Crippen molar-refractivity contribution in [3.8, 4) is 11.5 Å². The van der Waals surface area contributed by atoms with Gasteiger partial charge in [0, 0.05) is 23.7 Å². The first kappa shape index (κ1) is 21.3. The van der Waals surface area contributed by atoms with E-state index in [2.05, 4.69) is 27.5 Å². The number of phenols is 1. The maximum absolute atomic E-state index is 12.9. The Labute approximate surface area is 178 Å². The number of carbonyl (C=O) groups excluding carboxylic acids is 2. The van der Waals surface area contributed by atoms with Gasteiger partial charge in [0.15, 0.2) is 11.5 Å². The molecule has 6 nitrogen and oxygen atoms in total. The third-order valence-electron chi connectivity index (χ3n) is 5.17. The molecule has 1 heterocycles. The van der Waals surface area contributed by atoms with Gasteiger partial charge in [-0.3, -0.25) is 9.79 Å². The maximum Gasteiger partial charge on any atom is 0.336 e. The van der Waals surface area contributed by atoms with Crippen LogP contribution in [0.1, 0.15) is 44.6 Å². The van der Waals surface area contributed by atoms with Crippen LogP contribution in [-0.4, -0.2) is 35.8 Å². The minimum atomic E-state index is -0.552. The summed E-state index contributed by atoms with van der Waals surface area (Å²) in [7, 11) is 0. The summed E-state index contributed by atoms with van der Waals surface area (Å²) in [6.07, 6.45) is 3.42. The number of fused-ring (bicyclic) bond motifs is 1. The first-order valence-corrected chi connectivity index (χ1v) is 10.4. The number of rotatable bonds is 6. The quantitative estimate of drug-likeness (QED) is 0.498. The molecule has 1 fully saturated rings. The van der Waals surface area contributed by atoms with Gasteiger partial charge in [-0.25, -0.2) is 4.79 Å². The molecule has 1 aromatic carbocycles. The van der Waals surface area contributed by atoms with E-state index in [9.17, 15) is 14.7 Å². The molecule has 0 spiro atoms. The van der Waals surface area contributed by atoms with Crippen molar-refractivity contribution in [2.24, 2.45) is 10.9 Å². The average molecular weight is 462 g/mol. The highest BCUT2D eigenvalue weighted by Gasteiger charge is 2.44. The summed E-state index contributed by atoms with van der Waals surface area (Å²) in [5.74, 6) is -1.26. The van der Waals surface area contributed by atoms with Crippen molar-refractivity contribution >= 4 is 33.4 Å². The monoisotopic (exact) mass is 461 g/mol. The summed E-state index contributed by atoms with van der Waals surface area (Å²) in [6, 6.07) is 3.41. The molecule has 29 heavy (non-hydrogen) atoms. The van der Waals surface area contributed by atoms with Gasteiger partial charge in [-0.15, -0.1) is 0 Å². The van der Waals surface area contributed by atoms with Gasteiger partial charge in [-0.05, 0) is 60.3 Å². The predicted octanol–water partition coefficient (Wildman–Crippen LogP) is 4.46. The van der Waals surface area contributed by atoms with E-state index >= 15 is 0 Å². The van der Waals surface area contributed by atoms with Gasteiger partial charge in [0.25, 0.3) is 0 Å². The number of ether oxygens (including phenoxy) is 2. The van der Waals surface area contributed by atoms with Crippen molar-refractivity contribution in [3.05, 3.63) is 46.1 Å². The van der Waals surface area contributed by atoms with Gasteiger partial charge >= 0.3 is 5.97 Å². The van der Waals surface area contributed by atoms with Crippen LogP contribution < -0.4 is 4.74 Å². The van der Waals surface area contributed by atoms with Gasteiger partial charge in [0.05, 0.1) is 22.6 Å². The molecule has 0 radical (unpaired) electrons. The fourth-order valence-electron chi connectivity index (χ4n) is 4.00. The third-order valence-corrected chi connectivity index (χ3v) is 5.77. The minimum Gasteiger partial charge on any atom is -0.503 e. The second kappa shape index (κ2) is 8.95. The second-order valence-corrected chi connectivity index (χ2v) is 7.90. The van der Waals surface area contributed by atoms with Gasteiger partial charge in [-0.1, -0.05) is 12.7 Å². The normalized spacial score (nSPS) is 21.3. The molecule has 1 aromatic rings. The number of ketones is 1. The van der Waals surface area contributed by atoms with Crippen LogP contribution in [0.4, 0.5) is 0 Å². The molecule has 2 aliphatic rings. The van der Waals surface area contributed by atoms with E-state index in [4.69, 9.17) is 9.47 Å². The molecule has 154 valence electrons. The number of carbonyl (C=O) groups is 2. The zero-order valence-electron chi connectivity index (χ0n) is 16.5. The third kappa shape index (κ3) is 4.15. The number of hydrogen-bond donors (Lipinski definition) is 1. The molecular formula is C22H24BrNO5. The van der Waals surface area contributed by atoms with Crippen LogP contribution in [0.2, 0.25) is 0 Å². The smallest absolute Gasteiger partial charge is 0.336 e. The number of aliphatic imine (C=N–C) groups is 1. The van der Waals surface area contributed by atoms with Gasteiger partial charge < -0.3 is 14.6 Å².